The topological polar surface area (TPSA) is 12.0 Å². The molecule has 0 saturated carbocycles. The Kier molecular flexibility index (Phi) is 5.13. The van der Waals surface area contributed by atoms with E-state index in [-0.39, 0.29) is 0 Å². The van der Waals surface area contributed by atoms with E-state index >= 15 is 0 Å². The molecule has 0 aromatic heterocycles. The van der Waals surface area contributed by atoms with Crippen LogP contribution in [0.25, 0.3) is 0 Å². The number of rotatable bonds is 6. The van der Waals surface area contributed by atoms with Crippen LogP contribution in [0.4, 0.5) is 0 Å². The highest BCUT2D eigenvalue weighted by molar-refractivity contribution is 7.99. The summed E-state index contributed by atoms with van der Waals surface area (Å²) < 4.78 is 0. The lowest BCUT2D eigenvalue weighted by Gasteiger charge is -2.27. The van der Waals surface area contributed by atoms with Crippen LogP contribution in [0.2, 0.25) is 0 Å². The van der Waals surface area contributed by atoms with Crippen LogP contribution in [0.15, 0.2) is 29.2 Å². The second kappa shape index (κ2) is 6.63. The monoisotopic (exact) mass is 263 g/mol. The minimum atomic E-state index is 0.631. The van der Waals surface area contributed by atoms with Gasteiger partial charge in [0, 0.05) is 22.6 Å². The molecule has 0 aliphatic carbocycles. The fourth-order valence-corrected chi connectivity index (χ4v) is 4.32. The number of hydrogen-bond acceptors (Lipinski definition) is 2. The summed E-state index contributed by atoms with van der Waals surface area (Å²) in [5.41, 5.74) is 1.56. The third kappa shape index (κ3) is 2.92. The van der Waals surface area contributed by atoms with E-state index in [0.717, 1.165) is 5.92 Å². The molecule has 1 aliphatic rings. The van der Waals surface area contributed by atoms with Crippen LogP contribution < -0.4 is 5.32 Å². The first kappa shape index (κ1) is 14.0. The van der Waals surface area contributed by atoms with Crippen molar-refractivity contribution in [2.24, 2.45) is 5.92 Å². The molecule has 0 spiro atoms. The molecule has 100 valence electrons. The summed E-state index contributed by atoms with van der Waals surface area (Å²) >= 11 is 2.02. The van der Waals surface area contributed by atoms with Crippen molar-refractivity contribution in [3.05, 3.63) is 29.8 Å². The Morgan fingerprint density at radius 2 is 2.00 bits per heavy atom. The summed E-state index contributed by atoms with van der Waals surface area (Å²) in [7, 11) is 2.12. The first-order valence-corrected chi connectivity index (χ1v) is 8.17. The summed E-state index contributed by atoms with van der Waals surface area (Å²) in [6, 6.07) is 9.55. The van der Waals surface area contributed by atoms with Crippen molar-refractivity contribution in [3.63, 3.8) is 0 Å². The summed E-state index contributed by atoms with van der Waals surface area (Å²) in [6.45, 7) is 4.64. The quantitative estimate of drug-likeness (QED) is 0.821. The molecule has 0 saturated heterocycles. The summed E-state index contributed by atoms with van der Waals surface area (Å²) in [4.78, 5) is 1.49. The Hall–Kier alpha value is -0.470. The molecule has 0 amide bonds. The van der Waals surface area contributed by atoms with Crippen molar-refractivity contribution >= 4 is 11.8 Å². The number of hydrogen-bond donors (Lipinski definition) is 1. The van der Waals surface area contributed by atoms with Crippen LogP contribution >= 0.6 is 11.8 Å². The molecule has 1 aromatic carbocycles. The first-order valence-electron chi connectivity index (χ1n) is 7.19. The lowest BCUT2D eigenvalue weighted by atomic mass is 9.85. The molecule has 1 N–H and O–H groups in total. The maximum Gasteiger partial charge on any atom is 0.0144 e. The van der Waals surface area contributed by atoms with E-state index in [4.69, 9.17) is 0 Å². The third-order valence-electron chi connectivity index (χ3n) is 4.34. The van der Waals surface area contributed by atoms with Gasteiger partial charge in [0.2, 0.25) is 0 Å². The van der Waals surface area contributed by atoms with Crippen molar-refractivity contribution in [2.75, 3.05) is 12.8 Å². The van der Waals surface area contributed by atoms with Gasteiger partial charge in [0.05, 0.1) is 0 Å². The van der Waals surface area contributed by atoms with E-state index in [2.05, 4.69) is 50.5 Å². The van der Waals surface area contributed by atoms with E-state index < -0.39 is 0 Å². The Balaban J connectivity index is 2.10. The van der Waals surface area contributed by atoms with E-state index in [0.29, 0.717) is 12.0 Å². The molecule has 2 atom stereocenters. The van der Waals surface area contributed by atoms with E-state index in [1.54, 1.807) is 5.56 Å². The second-order valence-corrected chi connectivity index (χ2v) is 6.33. The Morgan fingerprint density at radius 1 is 1.28 bits per heavy atom. The van der Waals surface area contributed by atoms with Gasteiger partial charge in [-0.2, -0.15) is 0 Å². The van der Waals surface area contributed by atoms with Crippen LogP contribution in [0.3, 0.4) is 0 Å². The van der Waals surface area contributed by atoms with Gasteiger partial charge in [0.15, 0.2) is 0 Å². The zero-order valence-corrected chi connectivity index (χ0v) is 12.6. The van der Waals surface area contributed by atoms with Crippen LogP contribution in [0, 0.1) is 5.92 Å². The lowest BCUT2D eigenvalue weighted by Crippen LogP contribution is -2.34. The molecule has 0 fully saturated rings. The summed E-state index contributed by atoms with van der Waals surface area (Å²) in [5.74, 6) is 2.79. The maximum absolute atomic E-state index is 3.57. The number of nitrogens with one attached hydrogen (secondary N) is 1. The van der Waals surface area contributed by atoms with Crippen LogP contribution in [-0.2, 0) is 0 Å². The fraction of sp³-hybridized carbons (Fsp3) is 0.625. The largest absolute Gasteiger partial charge is 0.316 e. The Morgan fingerprint density at radius 3 is 2.67 bits per heavy atom. The molecular weight excluding hydrogens is 238 g/mol. The van der Waals surface area contributed by atoms with E-state index in [1.807, 2.05) is 11.8 Å². The van der Waals surface area contributed by atoms with Crippen molar-refractivity contribution in [1.82, 2.24) is 5.32 Å². The van der Waals surface area contributed by atoms with Gasteiger partial charge in [-0.3, -0.25) is 0 Å². The molecule has 2 unspecified atom stereocenters. The average molecular weight is 263 g/mol. The number of fused-ring (bicyclic) bond motifs is 1. The van der Waals surface area contributed by atoms with Crippen molar-refractivity contribution in [3.8, 4) is 0 Å². The van der Waals surface area contributed by atoms with Gasteiger partial charge in [-0.1, -0.05) is 44.9 Å². The van der Waals surface area contributed by atoms with Gasteiger partial charge in [-0.15, -0.1) is 11.8 Å². The highest BCUT2D eigenvalue weighted by Gasteiger charge is 2.30. The zero-order chi connectivity index (χ0) is 13.0. The number of benzene rings is 1. The van der Waals surface area contributed by atoms with Crippen molar-refractivity contribution < 1.29 is 0 Å². The summed E-state index contributed by atoms with van der Waals surface area (Å²) in [5, 5.41) is 3.57. The van der Waals surface area contributed by atoms with E-state index in [1.165, 1.54) is 29.9 Å². The minimum Gasteiger partial charge on any atom is -0.316 e. The predicted octanol–water partition coefficient (Wildman–Crippen LogP) is 4.29. The lowest BCUT2D eigenvalue weighted by molar-refractivity contribution is 0.352. The molecule has 0 radical (unpaired) electrons. The summed E-state index contributed by atoms with van der Waals surface area (Å²) in [6.07, 6.45) is 3.91. The van der Waals surface area contributed by atoms with Gasteiger partial charge in [-0.25, -0.2) is 0 Å². The van der Waals surface area contributed by atoms with Gasteiger partial charge in [-0.05, 0) is 31.0 Å². The highest BCUT2D eigenvalue weighted by atomic mass is 32.2. The number of thioether (sulfide) groups is 1. The average Bonchev–Trinajstić information content (AvgIpc) is 2.84. The predicted molar refractivity (Wildman–Crippen MR) is 81.4 cm³/mol. The van der Waals surface area contributed by atoms with Crippen LogP contribution in [0.5, 0.6) is 0 Å². The Labute approximate surface area is 116 Å². The third-order valence-corrected chi connectivity index (χ3v) is 5.54. The van der Waals surface area contributed by atoms with Gasteiger partial charge >= 0.3 is 0 Å². The normalized spacial score (nSPS) is 20.1. The van der Waals surface area contributed by atoms with Crippen LogP contribution in [0.1, 0.15) is 44.6 Å². The standard InChI is InChI=1S/C16H25NS/c1-4-12(5-2)10-15(17-3)14-11-18-16-9-7-6-8-13(14)16/h6-9,12,14-15,17H,4-5,10-11H2,1-3H3. The van der Waals surface area contributed by atoms with E-state index in [9.17, 15) is 0 Å². The van der Waals surface area contributed by atoms with Gasteiger partial charge in [0.25, 0.3) is 0 Å². The van der Waals surface area contributed by atoms with Crippen molar-refractivity contribution in [2.45, 2.75) is 50.0 Å². The molecule has 0 bridgehead atoms. The molecule has 1 nitrogen and oxygen atoms in total. The molecule has 1 aliphatic heterocycles. The SMILES string of the molecule is CCC(CC)CC(NC)C1CSc2ccccc21. The molecule has 1 heterocycles. The zero-order valence-electron chi connectivity index (χ0n) is 11.8. The van der Waals surface area contributed by atoms with Crippen LogP contribution in [-0.4, -0.2) is 18.8 Å². The van der Waals surface area contributed by atoms with Crippen molar-refractivity contribution in [1.29, 1.82) is 0 Å². The van der Waals surface area contributed by atoms with Gasteiger partial charge in [0.1, 0.15) is 0 Å². The fourth-order valence-electron chi connectivity index (χ4n) is 2.98. The highest BCUT2D eigenvalue weighted by Crippen LogP contribution is 2.42. The first-order chi connectivity index (χ1) is 8.80. The Bertz CT molecular complexity index is 373. The molecule has 2 heteroatoms. The molecule has 18 heavy (non-hydrogen) atoms. The number of likely N-dealkylation sites (N-methyl/N-ethyl adjacent to an activating group) is 1. The molecular formula is C16H25NS. The molecule has 1 aromatic rings. The molecule has 2 rings (SSSR count). The van der Waals surface area contributed by atoms with Gasteiger partial charge < -0.3 is 5.32 Å². The smallest absolute Gasteiger partial charge is 0.0144 e. The second-order valence-electron chi connectivity index (χ2n) is 5.27. The minimum absolute atomic E-state index is 0.631. The maximum atomic E-state index is 3.57.